The van der Waals surface area contributed by atoms with E-state index in [0.29, 0.717) is 5.82 Å². The van der Waals surface area contributed by atoms with Crippen LogP contribution in [0.1, 0.15) is 10.6 Å². The lowest BCUT2D eigenvalue weighted by atomic mass is 10.2. The van der Waals surface area contributed by atoms with Gasteiger partial charge in [-0.25, -0.2) is 0 Å². The molecule has 6 heteroatoms. The molecule has 4 rings (SSSR count). The second-order valence-electron chi connectivity index (χ2n) is 4.64. The van der Waals surface area contributed by atoms with Crippen LogP contribution >= 0.6 is 11.3 Å². The van der Waals surface area contributed by atoms with Crippen molar-refractivity contribution in [3.8, 4) is 11.4 Å². The number of pyridine rings is 1. The zero-order chi connectivity index (χ0) is 14.8. The first-order valence-electron chi connectivity index (χ1n) is 6.76. The quantitative estimate of drug-likeness (QED) is 0.582. The van der Waals surface area contributed by atoms with Crippen molar-refractivity contribution in [2.45, 2.75) is 0 Å². The second-order valence-corrected chi connectivity index (χ2v) is 5.63. The molecule has 0 amide bonds. The van der Waals surface area contributed by atoms with Gasteiger partial charge in [0.15, 0.2) is 5.82 Å². The minimum atomic E-state index is 0.707. The number of rotatable bonds is 3. The Morgan fingerprint density at radius 1 is 0.955 bits per heavy atom. The summed E-state index contributed by atoms with van der Waals surface area (Å²) >= 11 is 1.50. The van der Waals surface area contributed by atoms with Gasteiger partial charge in [-0.05, 0) is 23.8 Å². The smallest absolute Gasteiger partial charge is 0.235 e. The fourth-order valence-electron chi connectivity index (χ4n) is 2.11. The molecule has 4 aromatic rings. The van der Waals surface area contributed by atoms with Crippen LogP contribution in [0.25, 0.3) is 28.5 Å². The zero-order valence-electron chi connectivity index (χ0n) is 11.5. The molecule has 0 aliphatic heterocycles. The average Bonchev–Trinajstić information content (AvgIpc) is 3.15. The van der Waals surface area contributed by atoms with Crippen LogP contribution in [0.5, 0.6) is 0 Å². The first-order valence-corrected chi connectivity index (χ1v) is 7.57. The van der Waals surface area contributed by atoms with Gasteiger partial charge in [-0.1, -0.05) is 47.7 Å². The van der Waals surface area contributed by atoms with E-state index in [4.69, 9.17) is 0 Å². The normalized spacial score (nSPS) is 11.5. The largest absolute Gasteiger partial charge is 0.264 e. The number of fused-ring (bicyclic) bond motifs is 1. The molecule has 0 aliphatic carbocycles. The molecule has 5 nitrogen and oxygen atoms in total. The van der Waals surface area contributed by atoms with Crippen LogP contribution in [0.2, 0.25) is 0 Å². The van der Waals surface area contributed by atoms with Crippen LogP contribution < -0.4 is 0 Å². The summed E-state index contributed by atoms with van der Waals surface area (Å²) in [5.41, 5.74) is 2.04. The van der Waals surface area contributed by atoms with E-state index in [-0.39, 0.29) is 0 Å². The van der Waals surface area contributed by atoms with Crippen LogP contribution in [0.15, 0.2) is 54.9 Å². The number of hydrogen-bond acceptors (Lipinski definition) is 5. The highest BCUT2D eigenvalue weighted by atomic mass is 32.1. The summed E-state index contributed by atoms with van der Waals surface area (Å²) in [6.07, 6.45) is 7.52. The van der Waals surface area contributed by atoms with E-state index in [1.165, 1.54) is 11.3 Å². The Balaban J connectivity index is 1.70. The molecule has 0 saturated heterocycles. The van der Waals surface area contributed by atoms with E-state index in [9.17, 15) is 0 Å². The first kappa shape index (κ1) is 12.8. The molecule has 0 radical (unpaired) electrons. The molecule has 22 heavy (non-hydrogen) atoms. The maximum Gasteiger partial charge on any atom is 0.235 e. The third kappa shape index (κ3) is 2.40. The van der Waals surface area contributed by atoms with Gasteiger partial charge in [-0.15, -0.1) is 10.2 Å². The van der Waals surface area contributed by atoms with Gasteiger partial charge in [0.25, 0.3) is 0 Å². The molecule has 0 unspecified atom stereocenters. The maximum atomic E-state index is 4.56. The Morgan fingerprint density at radius 3 is 2.68 bits per heavy atom. The minimum Gasteiger partial charge on any atom is -0.264 e. The lowest BCUT2D eigenvalue weighted by molar-refractivity contribution is 0.958. The van der Waals surface area contributed by atoms with E-state index < -0.39 is 0 Å². The predicted molar refractivity (Wildman–Crippen MR) is 87.3 cm³/mol. The van der Waals surface area contributed by atoms with Crippen LogP contribution in [-0.2, 0) is 0 Å². The number of hydrogen-bond donors (Lipinski definition) is 0. The molecule has 0 aliphatic rings. The van der Waals surface area contributed by atoms with Crippen molar-refractivity contribution in [2.75, 3.05) is 0 Å². The van der Waals surface area contributed by atoms with E-state index >= 15 is 0 Å². The van der Waals surface area contributed by atoms with Gasteiger partial charge in [-0.2, -0.15) is 9.61 Å². The molecule has 0 atom stereocenters. The Labute approximate surface area is 130 Å². The number of nitrogens with zero attached hydrogens (tertiary/aromatic N) is 5. The SMILES string of the molecule is C(=C/c1nn2c(-c3cccnc3)nnc2s1)/c1ccccc1. The monoisotopic (exact) mass is 305 g/mol. The van der Waals surface area contributed by atoms with Crippen molar-refractivity contribution in [2.24, 2.45) is 0 Å². The van der Waals surface area contributed by atoms with Crippen molar-refractivity contribution < 1.29 is 0 Å². The molecule has 1 aromatic carbocycles. The number of benzene rings is 1. The molecule has 3 heterocycles. The lowest BCUT2D eigenvalue weighted by Crippen LogP contribution is -1.90. The third-order valence-corrected chi connectivity index (χ3v) is 4.01. The van der Waals surface area contributed by atoms with Crippen molar-refractivity contribution in [1.29, 1.82) is 0 Å². The molecule has 0 saturated carbocycles. The topological polar surface area (TPSA) is 56.0 Å². The average molecular weight is 305 g/mol. The summed E-state index contributed by atoms with van der Waals surface area (Å²) < 4.78 is 1.76. The van der Waals surface area contributed by atoms with Crippen LogP contribution in [0, 0.1) is 0 Å². The van der Waals surface area contributed by atoms with E-state index in [2.05, 4.69) is 32.4 Å². The van der Waals surface area contributed by atoms with Gasteiger partial charge in [0.05, 0.1) is 0 Å². The molecule has 0 spiro atoms. The van der Waals surface area contributed by atoms with Crippen molar-refractivity contribution >= 4 is 28.4 Å². The fourth-order valence-corrected chi connectivity index (χ4v) is 2.85. The van der Waals surface area contributed by atoms with Gasteiger partial charge in [0, 0.05) is 18.0 Å². The Hall–Kier alpha value is -2.86. The fraction of sp³-hybridized carbons (Fsp3) is 0. The summed E-state index contributed by atoms with van der Waals surface area (Å²) in [5, 5.41) is 13.8. The molecule has 0 N–H and O–H groups in total. The van der Waals surface area contributed by atoms with Crippen LogP contribution in [-0.4, -0.2) is 24.8 Å². The first-order chi connectivity index (χ1) is 10.9. The van der Waals surface area contributed by atoms with Crippen LogP contribution in [0.3, 0.4) is 0 Å². The highest BCUT2D eigenvalue weighted by Crippen LogP contribution is 2.21. The summed E-state index contributed by atoms with van der Waals surface area (Å²) in [6, 6.07) is 14.0. The minimum absolute atomic E-state index is 0.707. The molecule has 106 valence electrons. The molecular formula is C16H11N5S. The molecule has 3 aromatic heterocycles. The highest BCUT2D eigenvalue weighted by Gasteiger charge is 2.12. The Kier molecular flexibility index (Phi) is 3.21. The van der Waals surface area contributed by atoms with Crippen LogP contribution in [0.4, 0.5) is 0 Å². The Bertz CT molecular complexity index is 925. The Morgan fingerprint density at radius 2 is 1.86 bits per heavy atom. The predicted octanol–water partition coefficient (Wildman–Crippen LogP) is 3.42. The summed E-state index contributed by atoms with van der Waals surface area (Å²) in [7, 11) is 0. The summed E-state index contributed by atoms with van der Waals surface area (Å²) in [5.74, 6) is 0.707. The molecule has 0 fully saturated rings. The van der Waals surface area contributed by atoms with Gasteiger partial charge in [0.2, 0.25) is 4.96 Å². The van der Waals surface area contributed by atoms with Gasteiger partial charge < -0.3 is 0 Å². The highest BCUT2D eigenvalue weighted by molar-refractivity contribution is 7.17. The van der Waals surface area contributed by atoms with E-state index in [0.717, 1.165) is 21.1 Å². The second kappa shape index (κ2) is 5.50. The van der Waals surface area contributed by atoms with E-state index in [1.54, 1.807) is 16.9 Å². The van der Waals surface area contributed by atoms with Gasteiger partial charge >= 0.3 is 0 Å². The molecular weight excluding hydrogens is 294 g/mol. The summed E-state index contributed by atoms with van der Waals surface area (Å²) in [4.78, 5) is 4.88. The maximum absolute atomic E-state index is 4.56. The summed E-state index contributed by atoms with van der Waals surface area (Å²) in [6.45, 7) is 0. The molecule has 0 bridgehead atoms. The van der Waals surface area contributed by atoms with Crippen molar-refractivity contribution in [3.05, 3.63) is 65.4 Å². The van der Waals surface area contributed by atoms with Crippen molar-refractivity contribution in [1.82, 2.24) is 24.8 Å². The number of aromatic nitrogens is 5. The van der Waals surface area contributed by atoms with E-state index in [1.807, 2.05) is 42.5 Å². The third-order valence-electron chi connectivity index (χ3n) is 3.14. The van der Waals surface area contributed by atoms with Gasteiger partial charge in [-0.3, -0.25) is 4.98 Å². The lowest BCUT2D eigenvalue weighted by Gasteiger charge is -1.94. The van der Waals surface area contributed by atoms with Crippen molar-refractivity contribution in [3.63, 3.8) is 0 Å². The zero-order valence-corrected chi connectivity index (χ0v) is 12.3. The van der Waals surface area contributed by atoms with Gasteiger partial charge in [0.1, 0.15) is 5.01 Å². The standard InChI is InChI=1S/C16H11N5S/c1-2-5-12(6-3-1)8-9-14-20-21-15(18-19-16(21)22-14)13-7-4-10-17-11-13/h1-11H/b9-8-.